The van der Waals surface area contributed by atoms with E-state index in [9.17, 15) is 4.39 Å². The number of benzene rings is 1. The van der Waals surface area contributed by atoms with Gasteiger partial charge in [0, 0.05) is 19.0 Å². The Balaban J connectivity index is 2.00. The first-order valence-corrected chi connectivity index (χ1v) is 6.53. The molecule has 1 aromatic carbocycles. The predicted molar refractivity (Wildman–Crippen MR) is 76.3 cm³/mol. The lowest BCUT2D eigenvalue weighted by Crippen LogP contribution is -2.16. The van der Waals surface area contributed by atoms with Crippen molar-refractivity contribution in [1.29, 1.82) is 0 Å². The highest BCUT2D eigenvalue weighted by Gasteiger charge is 2.28. The molecule has 6 heteroatoms. The van der Waals surface area contributed by atoms with E-state index in [-0.39, 0.29) is 5.82 Å². The number of hydrazine groups is 1. The van der Waals surface area contributed by atoms with Gasteiger partial charge in [-0.25, -0.2) is 20.2 Å². The summed E-state index contributed by atoms with van der Waals surface area (Å²) in [7, 11) is 1.78. The van der Waals surface area contributed by atoms with Gasteiger partial charge in [-0.1, -0.05) is 12.1 Å². The Hall–Kier alpha value is -2.21. The van der Waals surface area contributed by atoms with E-state index < -0.39 is 0 Å². The molecular formula is C14H16FN5. The summed E-state index contributed by atoms with van der Waals surface area (Å²) in [4.78, 5) is 10.6. The quantitative estimate of drug-likeness (QED) is 0.662. The van der Waals surface area contributed by atoms with Crippen LogP contribution in [0.25, 0.3) is 0 Å². The number of nitrogen functional groups attached to an aromatic ring is 1. The maximum Gasteiger partial charge on any atom is 0.146 e. The van der Waals surface area contributed by atoms with Crippen LogP contribution in [0.1, 0.15) is 24.6 Å². The molecule has 0 amide bonds. The molecule has 2 aromatic rings. The summed E-state index contributed by atoms with van der Waals surface area (Å²) >= 11 is 0. The minimum absolute atomic E-state index is 0.288. The standard InChI is InChI=1S/C14H16FN5/c1-20(11-5-3-2-4-10(11)15)13-8-12(19-16)17-14(18-13)9-6-7-9/h2-5,8-9H,6-7,16H2,1H3,(H,17,18,19). The Morgan fingerprint density at radius 3 is 2.70 bits per heavy atom. The largest absolute Gasteiger partial charge is 0.327 e. The van der Waals surface area contributed by atoms with Crippen molar-refractivity contribution in [2.24, 2.45) is 5.84 Å². The van der Waals surface area contributed by atoms with E-state index in [2.05, 4.69) is 15.4 Å². The van der Waals surface area contributed by atoms with E-state index in [1.165, 1.54) is 6.07 Å². The van der Waals surface area contributed by atoms with Crippen molar-refractivity contribution in [2.75, 3.05) is 17.4 Å². The third-order valence-corrected chi connectivity index (χ3v) is 3.38. The number of anilines is 3. The number of para-hydroxylation sites is 1. The number of hydrogen-bond acceptors (Lipinski definition) is 5. The van der Waals surface area contributed by atoms with Crippen LogP contribution in [0.5, 0.6) is 0 Å². The maximum absolute atomic E-state index is 13.9. The lowest BCUT2D eigenvalue weighted by molar-refractivity contribution is 0.627. The van der Waals surface area contributed by atoms with Gasteiger partial charge in [-0.15, -0.1) is 0 Å². The maximum atomic E-state index is 13.9. The first-order chi connectivity index (χ1) is 9.69. The molecule has 0 unspecified atom stereocenters. The molecule has 1 heterocycles. The van der Waals surface area contributed by atoms with E-state index in [1.54, 1.807) is 36.2 Å². The second-order valence-electron chi connectivity index (χ2n) is 4.90. The first kappa shape index (κ1) is 12.8. The highest BCUT2D eigenvalue weighted by Crippen LogP contribution is 2.39. The number of nitrogens with one attached hydrogen (secondary N) is 1. The number of aromatic nitrogens is 2. The van der Waals surface area contributed by atoms with Gasteiger partial charge >= 0.3 is 0 Å². The fourth-order valence-corrected chi connectivity index (χ4v) is 2.07. The number of nitrogens with two attached hydrogens (primary N) is 1. The van der Waals surface area contributed by atoms with Gasteiger partial charge in [-0.3, -0.25) is 0 Å². The smallest absolute Gasteiger partial charge is 0.146 e. The molecule has 1 aliphatic rings. The normalized spacial score (nSPS) is 14.2. The fourth-order valence-electron chi connectivity index (χ4n) is 2.07. The van der Waals surface area contributed by atoms with Gasteiger partial charge in [0.2, 0.25) is 0 Å². The Labute approximate surface area is 116 Å². The van der Waals surface area contributed by atoms with Gasteiger partial charge in [-0.2, -0.15) is 0 Å². The zero-order valence-electron chi connectivity index (χ0n) is 11.2. The van der Waals surface area contributed by atoms with Gasteiger partial charge in [0.1, 0.15) is 23.3 Å². The Morgan fingerprint density at radius 2 is 2.05 bits per heavy atom. The zero-order valence-corrected chi connectivity index (χ0v) is 11.2. The average Bonchev–Trinajstić information content (AvgIpc) is 3.31. The predicted octanol–water partition coefficient (Wildman–Crippen LogP) is 2.55. The van der Waals surface area contributed by atoms with E-state index in [4.69, 9.17) is 5.84 Å². The van der Waals surface area contributed by atoms with Crippen molar-refractivity contribution < 1.29 is 4.39 Å². The van der Waals surface area contributed by atoms with Crippen LogP contribution < -0.4 is 16.2 Å². The molecule has 0 bridgehead atoms. The van der Waals surface area contributed by atoms with E-state index >= 15 is 0 Å². The molecule has 3 rings (SSSR count). The van der Waals surface area contributed by atoms with Crippen molar-refractivity contribution >= 4 is 17.3 Å². The molecule has 1 aromatic heterocycles. The van der Waals surface area contributed by atoms with Crippen molar-refractivity contribution in [3.8, 4) is 0 Å². The lowest BCUT2D eigenvalue weighted by Gasteiger charge is -2.20. The average molecular weight is 273 g/mol. The van der Waals surface area contributed by atoms with Crippen LogP contribution in [-0.2, 0) is 0 Å². The summed E-state index contributed by atoms with van der Waals surface area (Å²) in [5.74, 6) is 7.48. The molecule has 0 saturated heterocycles. The second-order valence-corrected chi connectivity index (χ2v) is 4.90. The van der Waals surface area contributed by atoms with Gasteiger partial charge in [-0.05, 0) is 25.0 Å². The van der Waals surface area contributed by atoms with Gasteiger partial charge < -0.3 is 10.3 Å². The van der Waals surface area contributed by atoms with Crippen LogP contribution in [0.15, 0.2) is 30.3 Å². The minimum atomic E-state index is -0.288. The molecule has 1 saturated carbocycles. The van der Waals surface area contributed by atoms with Crippen LogP contribution in [0, 0.1) is 5.82 Å². The SMILES string of the molecule is CN(c1cc(NN)nc(C2CC2)n1)c1ccccc1F. The summed E-state index contributed by atoms with van der Waals surface area (Å²) in [5, 5.41) is 0. The van der Waals surface area contributed by atoms with Gasteiger partial charge in [0.05, 0.1) is 5.69 Å². The number of nitrogens with zero attached hydrogens (tertiary/aromatic N) is 3. The minimum Gasteiger partial charge on any atom is -0.327 e. The molecule has 104 valence electrons. The third kappa shape index (κ3) is 2.42. The topological polar surface area (TPSA) is 67.1 Å². The molecule has 20 heavy (non-hydrogen) atoms. The van der Waals surface area contributed by atoms with Crippen LogP contribution in [0.2, 0.25) is 0 Å². The molecule has 0 spiro atoms. The summed E-state index contributed by atoms with van der Waals surface area (Å²) in [5.41, 5.74) is 3.01. The summed E-state index contributed by atoms with van der Waals surface area (Å²) in [6, 6.07) is 8.30. The molecular weight excluding hydrogens is 257 g/mol. The van der Waals surface area contributed by atoms with Crippen LogP contribution in [-0.4, -0.2) is 17.0 Å². The van der Waals surface area contributed by atoms with E-state index in [0.29, 0.717) is 23.2 Å². The molecule has 0 atom stereocenters. The van der Waals surface area contributed by atoms with Gasteiger partial charge in [0.15, 0.2) is 0 Å². The van der Waals surface area contributed by atoms with Crippen molar-refractivity contribution in [3.05, 3.63) is 42.0 Å². The van der Waals surface area contributed by atoms with Crippen LogP contribution in [0.3, 0.4) is 0 Å². The van der Waals surface area contributed by atoms with E-state index in [0.717, 1.165) is 18.7 Å². The van der Waals surface area contributed by atoms with Crippen LogP contribution in [0.4, 0.5) is 21.7 Å². The molecule has 3 N–H and O–H groups in total. The monoisotopic (exact) mass is 273 g/mol. The summed E-state index contributed by atoms with van der Waals surface area (Å²) < 4.78 is 13.9. The first-order valence-electron chi connectivity index (χ1n) is 6.53. The molecule has 1 aliphatic carbocycles. The Bertz CT molecular complexity index is 627. The molecule has 1 fully saturated rings. The highest BCUT2D eigenvalue weighted by atomic mass is 19.1. The summed E-state index contributed by atoms with van der Waals surface area (Å²) in [6.45, 7) is 0. The number of rotatable bonds is 4. The van der Waals surface area contributed by atoms with Crippen LogP contribution >= 0.6 is 0 Å². The highest BCUT2D eigenvalue weighted by molar-refractivity contribution is 5.62. The van der Waals surface area contributed by atoms with E-state index in [1.807, 2.05) is 0 Å². The van der Waals surface area contributed by atoms with Gasteiger partial charge in [0.25, 0.3) is 0 Å². The summed E-state index contributed by atoms with van der Waals surface area (Å²) in [6.07, 6.45) is 2.19. The molecule has 0 radical (unpaired) electrons. The molecule has 5 nitrogen and oxygen atoms in total. The van der Waals surface area contributed by atoms with Crippen molar-refractivity contribution in [3.63, 3.8) is 0 Å². The fraction of sp³-hybridized carbons (Fsp3) is 0.286. The number of hydrogen-bond donors (Lipinski definition) is 2. The van der Waals surface area contributed by atoms with Crippen molar-refractivity contribution in [1.82, 2.24) is 9.97 Å². The van der Waals surface area contributed by atoms with Crippen molar-refractivity contribution in [2.45, 2.75) is 18.8 Å². The Kier molecular flexibility index (Phi) is 3.23. The Morgan fingerprint density at radius 1 is 1.30 bits per heavy atom. The number of halogens is 1. The molecule has 0 aliphatic heterocycles. The second kappa shape index (κ2) is 5.05. The third-order valence-electron chi connectivity index (χ3n) is 3.38. The zero-order chi connectivity index (χ0) is 14.1. The lowest BCUT2D eigenvalue weighted by atomic mass is 10.2.